The Balaban J connectivity index is 1.92. The first-order chi connectivity index (χ1) is 8.19. The highest BCUT2D eigenvalue weighted by atomic mass is 16.5. The van der Waals surface area contributed by atoms with Crippen molar-refractivity contribution in [2.75, 3.05) is 20.1 Å². The minimum atomic E-state index is -0.0548. The van der Waals surface area contributed by atoms with E-state index >= 15 is 0 Å². The van der Waals surface area contributed by atoms with E-state index in [-0.39, 0.29) is 11.6 Å². The molecule has 0 saturated carbocycles. The summed E-state index contributed by atoms with van der Waals surface area (Å²) in [7, 11) is 2.16. The molecule has 1 spiro atoms. The van der Waals surface area contributed by atoms with Crippen LogP contribution in [0.4, 0.5) is 0 Å². The van der Waals surface area contributed by atoms with Crippen molar-refractivity contribution in [3.8, 4) is 5.75 Å². The highest BCUT2D eigenvalue weighted by Gasteiger charge is 2.42. The highest BCUT2D eigenvalue weighted by molar-refractivity contribution is 5.38. The van der Waals surface area contributed by atoms with Crippen molar-refractivity contribution in [1.29, 1.82) is 0 Å². The largest absolute Gasteiger partial charge is 0.486 e. The average molecular weight is 232 g/mol. The third kappa shape index (κ3) is 1.94. The van der Waals surface area contributed by atoms with Gasteiger partial charge >= 0.3 is 0 Å². The number of benzene rings is 1. The van der Waals surface area contributed by atoms with E-state index in [4.69, 9.17) is 10.5 Å². The Kier molecular flexibility index (Phi) is 2.60. The van der Waals surface area contributed by atoms with Crippen LogP contribution in [0, 0.1) is 0 Å². The van der Waals surface area contributed by atoms with Crippen LogP contribution in [-0.2, 0) is 0 Å². The van der Waals surface area contributed by atoms with Gasteiger partial charge in [0.05, 0.1) is 0 Å². The third-order valence-corrected chi connectivity index (χ3v) is 3.97. The molecule has 0 aromatic heterocycles. The molecule has 3 rings (SSSR count). The summed E-state index contributed by atoms with van der Waals surface area (Å²) in [5.41, 5.74) is 7.40. The molecule has 1 saturated heterocycles. The zero-order valence-corrected chi connectivity index (χ0v) is 10.4. The molecule has 0 aliphatic carbocycles. The molecule has 1 aromatic carbocycles. The maximum absolute atomic E-state index is 6.30. The Morgan fingerprint density at radius 2 is 2.24 bits per heavy atom. The predicted molar refractivity (Wildman–Crippen MR) is 68.1 cm³/mol. The summed E-state index contributed by atoms with van der Waals surface area (Å²) >= 11 is 0. The van der Waals surface area contributed by atoms with Gasteiger partial charge in [0.1, 0.15) is 11.4 Å². The molecule has 2 heterocycles. The molecule has 92 valence electrons. The second-order valence-corrected chi connectivity index (χ2v) is 5.47. The number of piperidine rings is 1. The molecule has 2 atom stereocenters. The van der Waals surface area contributed by atoms with Gasteiger partial charge in [0, 0.05) is 24.6 Å². The lowest BCUT2D eigenvalue weighted by molar-refractivity contribution is -0.0233. The Hall–Kier alpha value is -1.06. The molecule has 3 heteroatoms. The predicted octanol–water partition coefficient (Wildman–Crippen LogP) is 1.93. The fraction of sp³-hybridized carbons (Fsp3) is 0.571. The van der Waals surface area contributed by atoms with Crippen LogP contribution in [0.2, 0.25) is 0 Å². The van der Waals surface area contributed by atoms with Gasteiger partial charge < -0.3 is 15.4 Å². The molecule has 1 aromatic rings. The normalized spacial score (nSPS) is 33.2. The van der Waals surface area contributed by atoms with Crippen molar-refractivity contribution < 1.29 is 4.74 Å². The van der Waals surface area contributed by atoms with Crippen molar-refractivity contribution in [3.05, 3.63) is 29.8 Å². The van der Waals surface area contributed by atoms with E-state index in [0.717, 1.165) is 30.7 Å². The molecule has 2 N–H and O–H groups in total. The number of nitrogens with two attached hydrogens (primary N) is 1. The summed E-state index contributed by atoms with van der Waals surface area (Å²) in [6.45, 7) is 2.16. The zero-order valence-electron chi connectivity index (χ0n) is 10.4. The van der Waals surface area contributed by atoms with Gasteiger partial charge in [0.2, 0.25) is 0 Å². The topological polar surface area (TPSA) is 38.5 Å². The van der Waals surface area contributed by atoms with Gasteiger partial charge in [-0.2, -0.15) is 0 Å². The molecule has 2 aliphatic heterocycles. The standard InChI is InChI=1S/C14H20N2O/c1-16-8-4-7-14(10-16)9-12(15)11-5-2-3-6-13(11)17-14/h2-3,5-6,12H,4,7-10,15H2,1H3/t12-,14?/m0/s1. The van der Waals surface area contributed by atoms with Gasteiger partial charge in [-0.15, -0.1) is 0 Å². The zero-order chi connectivity index (χ0) is 11.9. The van der Waals surface area contributed by atoms with Gasteiger partial charge in [0.15, 0.2) is 0 Å². The molecular weight excluding hydrogens is 212 g/mol. The summed E-state index contributed by atoms with van der Waals surface area (Å²) in [5, 5.41) is 0. The van der Waals surface area contributed by atoms with E-state index in [1.807, 2.05) is 18.2 Å². The summed E-state index contributed by atoms with van der Waals surface area (Å²) in [6, 6.07) is 8.31. The number of hydrogen-bond acceptors (Lipinski definition) is 3. The van der Waals surface area contributed by atoms with Gasteiger partial charge in [-0.05, 0) is 32.5 Å². The van der Waals surface area contributed by atoms with Gasteiger partial charge in [-0.25, -0.2) is 0 Å². The van der Waals surface area contributed by atoms with Gasteiger partial charge in [-0.1, -0.05) is 18.2 Å². The van der Waals surface area contributed by atoms with Crippen LogP contribution in [0.1, 0.15) is 30.9 Å². The maximum Gasteiger partial charge on any atom is 0.124 e. The van der Waals surface area contributed by atoms with Gasteiger partial charge in [0.25, 0.3) is 0 Å². The maximum atomic E-state index is 6.30. The summed E-state index contributed by atoms with van der Waals surface area (Å²) in [5.74, 6) is 0.988. The SMILES string of the molecule is CN1CCCC2(C[C@H](N)c3ccccc3O2)C1. The number of rotatable bonds is 0. The summed E-state index contributed by atoms with van der Waals surface area (Å²) in [4.78, 5) is 2.35. The summed E-state index contributed by atoms with van der Waals surface area (Å²) < 4.78 is 6.28. The lowest BCUT2D eigenvalue weighted by Crippen LogP contribution is -2.53. The van der Waals surface area contributed by atoms with Crippen molar-refractivity contribution in [2.45, 2.75) is 30.9 Å². The van der Waals surface area contributed by atoms with Crippen LogP contribution in [0.5, 0.6) is 5.75 Å². The van der Waals surface area contributed by atoms with Crippen molar-refractivity contribution in [2.24, 2.45) is 5.73 Å². The smallest absolute Gasteiger partial charge is 0.124 e. The summed E-state index contributed by atoms with van der Waals surface area (Å²) in [6.07, 6.45) is 3.26. The van der Waals surface area contributed by atoms with E-state index in [0.29, 0.717) is 0 Å². The van der Waals surface area contributed by atoms with Gasteiger partial charge in [-0.3, -0.25) is 0 Å². The molecular formula is C14H20N2O. The average Bonchev–Trinajstić information content (AvgIpc) is 2.28. The van der Waals surface area contributed by atoms with Crippen LogP contribution in [0.15, 0.2) is 24.3 Å². The lowest BCUT2D eigenvalue weighted by atomic mass is 9.82. The number of ether oxygens (including phenoxy) is 1. The minimum Gasteiger partial charge on any atom is -0.486 e. The number of likely N-dealkylation sites (tertiary alicyclic amines) is 1. The Morgan fingerprint density at radius 3 is 3.06 bits per heavy atom. The van der Waals surface area contributed by atoms with E-state index in [2.05, 4.69) is 18.0 Å². The number of fused-ring (bicyclic) bond motifs is 1. The quantitative estimate of drug-likeness (QED) is 0.743. The van der Waals surface area contributed by atoms with Crippen LogP contribution < -0.4 is 10.5 Å². The molecule has 17 heavy (non-hydrogen) atoms. The highest BCUT2D eigenvalue weighted by Crippen LogP contribution is 2.41. The molecule has 1 unspecified atom stereocenters. The minimum absolute atomic E-state index is 0.0548. The second kappa shape index (κ2) is 4.00. The molecule has 0 bridgehead atoms. The van der Waals surface area contributed by atoms with E-state index in [1.54, 1.807) is 0 Å². The number of hydrogen-bond donors (Lipinski definition) is 1. The molecule has 3 nitrogen and oxygen atoms in total. The lowest BCUT2D eigenvalue weighted by Gasteiger charge is -2.46. The van der Waals surface area contributed by atoms with Crippen LogP contribution in [0.3, 0.4) is 0 Å². The van der Waals surface area contributed by atoms with Crippen LogP contribution in [-0.4, -0.2) is 30.6 Å². The van der Waals surface area contributed by atoms with Crippen LogP contribution in [0.25, 0.3) is 0 Å². The molecule has 0 amide bonds. The number of nitrogens with zero attached hydrogens (tertiary/aromatic N) is 1. The van der Waals surface area contributed by atoms with Crippen molar-refractivity contribution >= 4 is 0 Å². The second-order valence-electron chi connectivity index (χ2n) is 5.47. The molecule has 1 fully saturated rings. The third-order valence-electron chi connectivity index (χ3n) is 3.97. The Bertz CT molecular complexity index is 420. The number of likely N-dealkylation sites (N-methyl/N-ethyl adjacent to an activating group) is 1. The molecule has 0 radical (unpaired) electrons. The first-order valence-electron chi connectivity index (χ1n) is 6.41. The first-order valence-corrected chi connectivity index (χ1v) is 6.41. The van der Waals surface area contributed by atoms with Crippen molar-refractivity contribution in [1.82, 2.24) is 4.90 Å². The van der Waals surface area contributed by atoms with E-state index in [9.17, 15) is 0 Å². The monoisotopic (exact) mass is 232 g/mol. The Labute approximate surface area is 103 Å². The molecule has 2 aliphatic rings. The van der Waals surface area contributed by atoms with E-state index in [1.165, 1.54) is 13.0 Å². The van der Waals surface area contributed by atoms with E-state index < -0.39 is 0 Å². The van der Waals surface area contributed by atoms with Crippen LogP contribution >= 0.6 is 0 Å². The fourth-order valence-electron chi connectivity index (χ4n) is 3.24. The first kappa shape index (κ1) is 11.1. The Morgan fingerprint density at radius 1 is 1.41 bits per heavy atom. The van der Waals surface area contributed by atoms with Crippen molar-refractivity contribution in [3.63, 3.8) is 0 Å². The fourth-order valence-corrected chi connectivity index (χ4v) is 3.24. The number of para-hydroxylation sites is 1.